The first kappa shape index (κ1) is 12.6. The molecule has 1 aliphatic heterocycles. The highest BCUT2D eigenvalue weighted by atomic mass is 79.9. The van der Waals surface area contributed by atoms with E-state index in [2.05, 4.69) is 48.0 Å². The topological polar surface area (TPSA) is 20.3 Å². The number of likely N-dealkylation sites (tertiary alicyclic amines) is 1. The van der Waals surface area contributed by atoms with E-state index in [1.54, 1.807) is 0 Å². The number of hydrogen-bond acceptors (Lipinski definition) is 1. The van der Waals surface area contributed by atoms with Crippen LogP contribution in [0.3, 0.4) is 0 Å². The number of halogens is 1. The van der Waals surface area contributed by atoms with Gasteiger partial charge in [-0.15, -0.1) is 0 Å². The van der Waals surface area contributed by atoms with Crippen LogP contribution in [-0.4, -0.2) is 22.7 Å². The number of nitrogens with zero attached hydrogens (tertiary/aromatic N) is 1. The lowest BCUT2D eigenvalue weighted by Gasteiger charge is -2.19. The van der Waals surface area contributed by atoms with Gasteiger partial charge in [-0.05, 0) is 36.5 Å². The van der Waals surface area contributed by atoms with E-state index in [1.165, 1.54) is 16.7 Å². The zero-order valence-corrected chi connectivity index (χ0v) is 12.0. The number of amides is 1. The van der Waals surface area contributed by atoms with Crippen molar-refractivity contribution in [3.8, 4) is 0 Å². The molecular formula is C14H18BrNO. The Kier molecular flexibility index (Phi) is 3.87. The molecule has 17 heavy (non-hydrogen) atoms. The van der Waals surface area contributed by atoms with Crippen LogP contribution < -0.4 is 0 Å². The molecule has 1 heterocycles. The number of rotatable bonds is 3. The quantitative estimate of drug-likeness (QED) is 0.785. The number of aryl methyl sites for hydroxylation is 2. The van der Waals surface area contributed by atoms with E-state index < -0.39 is 0 Å². The maximum absolute atomic E-state index is 11.9. The van der Waals surface area contributed by atoms with E-state index in [0.717, 1.165) is 18.4 Å². The Morgan fingerprint density at radius 2 is 2.00 bits per heavy atom. The fourth-order valence-corrected chi connectivity index (χ4v) is 2.83. The second-order valence-electron chi connectivity index (χ2n) is 4.87. The van der Waals surface area contributed by atoms with E-state index in [-0.39, 0.29) is 5.91 Å². The largest absolute Gasteiger partial charge is 0.338 e. The molecule has 1 unspecified atom stereocenters. The molecule has 0 bridgehead atoms. The number of alkyl halides is 1. The average molecular weight is 296 g/mol. The van der Waals surface area contributed by atoms with Gasteiger partial charge in [0, 0.05) is 24.8 Å². The van der Waals surface area contributed by atoms with Crippen LogP contribution >= 0.6 is 15.9 Å². The summed E-state index contributed by atoms with van der Waals surface area (Å²) < 4.78 is 0. The Morgan fingerprint density at radius 3 is 2.53 bits per heavy atom. The van der Waals surface area contributed by atoms with Crippen molar-refractivity contribution in [2.24, 2.45) is 5.92 Å². The fraction of sp³-hybridized carbons (Fsp3) is 0.500. The highest BCUT2D eigenvalue weighted by Gasteiger charge is 2.29. The predicted octanol–water partition coefficient (Wildman–Crippen LogP) is 3.05. The van der Waals surface area contributed by atoms with Gasteiger partial charge in [0.25, 0.3) is 0 Å². The Labute approximate surface area is 111 Å². The van der Waals surface area contributed by atoms with Gasteiger partial charge in [-0.3, -0.25) is 4.79 Å². The standard InChI is InChI=1S/C14H18BrNO/c1-10-4-3-5-11(2)13(10)9-16-8-12(7-15)6-14(16)17/h3-5,12H,6-9H2,1-2H3. The molecule has 3 heteroatoms. The molecule has 2 nitrogen and oxygen atoms in total. The first-order chi connectivity index (χ1) is 8.11. The maximum Gasteiger partial charge on any atom is 0.223 e. The summed E-state index contributed by atoms with van der Waals surface area (Å²) in [5.41, 5.74) is 3.86. The summed E-state index contributed by atoms with van der Waals surface area (Å²) in [6.07, 6.45) is 0.691. The molecule has 1 atom stereocenters. The van der Waals surface area contributed by atoms with Crippen molar-refractivity contribution < 1.29 is 4.79 Å². The van der Waals surface area contributed by atoms with Crippen LogP contribution in [0.5, 0.6) is 0 Å². The van der Waals surface area contributed by atoms with Crippen LogP contribution in [0.2, 0.25) is 0 Å². The predicted molar refractivity (Wildman–Crippen MR) is 73.2 cm³/mol. The fourth-order valence-electron chi connectivity index (χ4n) is 2.40. The summed E-state index contributed by atoms with van der Waals surface area (Å²) in [5, 5.41) is 0.919. The molecule has 1 saturated heterocycles. The van der Waals surface area contributed by atoms with Crippen molar-refractivity contribution in [2.45, 2.75) is 26.8 Å². The van der Waals surface area contributed by atoms with Gasteiger partial charge in [0.05, 0.1) is 0 Å². The smallest absolute Gasteiger partial charge is 0.223 e. The lowest BCUT2D eigenvalue weighted by molar-refractivity contribution is -0.128. The van der Waals surface area contributed by atoms with Crippen LogP contribution in [0.4, 0.5) is 0 Å². The number of hydrogen-bond donors (Lipinski definition) is 0. The number of carbonyl (C=O) groups excluding carboxylic acids is 1. The first-order valence-electron chi connectivity index (χ1n) is 6.00. The highest BCUT2D eigenvalue weighted by molar-refractivity contribution is 9.09. The minimum atomic E-state index is 0.289. The lowest BCUT2D eigenvalue weighted by atomic mass is 10.0. The lowest BCUT2D eigenvalue weighted by Crippen LogP contribution is -2.25. The van der Waals surface area contributed by atoms with Gasteiger partial charge in [-0.1, -0.05) is 34.1 Å². The van der Waals surface area contributed by atoms with Crippen LogP contribution in [-0.2, 0) is 11.3 Å². The van der Waals surface area contributed by atoms with Gasteiger partial charge < -0.3 is 4.90 Å². The second-order valence-corrected chi connectivity index (χ2v) is 5.52. The maximum atomic E-state index is 11.9. The molecule has 1 aliphatic rings. The van der Waals surface area contributed by atoms with Crippen LogP contribution in [0.15, 0.2) is 18.2 Å². The molecule has 92 valence electrons. The molecule has 1 aromatic carbocycles. The molecule has 0 radical (unpaired) electrons. The van der Waals surface area contributed by atoms with E-state index in [4.69, 9.17) is 0 Å². The van der Waals surface area contributed by atoms with Gasteiger partial charge in [0.1, 0.15) is 0 Å². The third-order valence-corrected chi connectivity index (χ3v) is 4.42. The average Bonchev–Trinajstić information content (AvgIpc) is 2.65. The van der Waals surface area contributed by atoms with E-state index in [9.17, 15) is 4.79 Å². The van der Waals surface area contributed by atoms with Gasteiger partial charge in [0.15, 0.2) is 0 Å². The van der Waals surface area contributed by atoms with Crippen molar-refractivity contribution in [3.05, 3.63) is 34.9 Å². The van der Waals surface area contributed by atoms with Crippen molar-refractivity contribution in [1.29, 1.82) is 0 Å². The molecule has 1 fully saturated rings. The van der Waals surface area contributed by atoms with Gasteiger partial charge >= 0.3 is 0 Å². The summed E-state index contributed by atoms with van der Waals surface area (Å²) in [4.78, 5) is 13.9. The SMILES string of the molecule is Cc1cccc(C)c1CN1CC(CBr)CC1=O. The van der Waals surface area contributed by atoms with Crippen molar-refractivity contribution in [3.63, 3.8) is 0 Å². The van der Waals surface area contributed by atoms with E-state index in [0.29, 0.717) is 12.3 Å². The van der Waals surface area contributed by atoms with Crippen molar-refractivity contribution in [1.82, 2.24) is 4.90 Å². The Bertz CT molecular complexity index is 410. The molecule has 0 saturated carbocycles. The molecule has 0 spiro atoms. The number of benzene rings is 1. The number of carbonyl (C=O) groups is 1. The summed E-state index contributed by atoms with van der Waals surface area (Å²) in [6, 6.07) is 6.30. The van der Waals surface area contributed by atoms with Crippen molar-refractivity contribution >= 4 is 21.8 Å². The van der Waals surface area contributed by atoms with Gasteiger partial charge in [-0.25, -0.2) is 0 Å². The highest BCUT2D eigenvalue weighted by Crippen LogP contribution is 2.23. The third-order valence-electron chi connectivity index (χ3n) is 3.51. The van der Waals surface area contributed by atoms with Gasteiger partial charge in [0.2, 0.25) is 5.91 Å². The Morgan fingerprint density at radius 1 is 1.35 bits per heavy atom. The van der Waals surface area contributed by atoms with E-state index in [1.807, 2.05) is 4.90 Å². The molecule has 0 aromatic heterocycles. The molecule has 0 aliphatic carbocycles. The zero-order valence-electron chi connectivity index (χ0n) is 10.4. The second kappa shape index (κ2) is 5.21. The zero-order chi connectivity index (χ0) is 12.4. The third kappa shape index (κ3) is 2.71. The van der Waals surface area contributed by atoms with Crippen molar-refractivity contribution in [2.75, 3.05) is 11.9 Å². The molecule has 2 rings (SSSR count). The molecular weight excluding hydrogens is 278 g/mol. The molecule has 0 N–H and O–H groups in total. The summed E-state index contributed by atoms with van der Waals surface area (Å²) in [6.45, 7) is 5.88. The summed E-state index contributed by atoms with van der Waals surface area (Å²) in [7, 11) is 0. The summed E-state index contributed by atoms with van der Waals surface area (Å²) >= 11 is 3.47. The Balaban J connectivity index is 2.14. The normalized spacial score (nSPS) is 20.1. The van der Waals surface area contributed by atoms with Crippen LogP contribution in [0, 0.1) is 19.8 Å². The summed E-state index contributed by atoms with van der Waals surface area (Å²) in [5.74, 6) is 0.768. The minimum Gasteiger partial charge on any atom is -0.338 e. The minimum absolute atomic E-state index is 0.289. The van der Waals surface area contributed by atoms with E-state index >= 15 is 0 Å². The Hall–Kier alpha value is -0.830. The molecule has 1 aromatic rings. The molecule has 1 amide bonds. The first-order valence-corrected chi connectivity index (χ1v) is 7.12. The van der Waals surface area contributed by atoms with Crippen LogP contribution in [0.25, 0.3) is 0 Å². The monoisotopic (exact) mass is 295 g/mol. The van der Waals surface area contributed by atoms with Crippen LogP contribution in [0.1, 0.15) is 23.1 Å². The van der Waals surface area contributed by atoms with Gasteiger partial charge in [-0.2, -0.15) is 0 Å².